The molecule has 1 heterocycles. The van der Waals surface area contributed by atoms with E-state index in [1.807, 2.05) is 4.90 Å². The zero-order valence-electron chi connectivity index (χ0n) is 12.3. The van der Waals surface area contributed by atoms with Gasteiger partial charge in [0.15, 0.2) is 0 Å². The van der Waals surface area contributed by atoms with E-state index in [2.05, 4.69) is 4.90 Å². The van der Waals surface area contributed by atoms with Crippen LogP contribution in [0.5, 0.6) is 5.75 Å². The first kappa shape index (κ1) is 17.3. The molecule has 1 saturated heterocycles. The van der Waals surface area contributed by atoms with Crippen molar-refractivity contribution in [2.24, 2.45) is 0 Å². The van der Waals surface area contributed by atoms with Gasteiger partial charge in [-0.15, -0.1) is 0 Å². The topological polar surface area (TPSA) is 53.0 Å². The molecule has 0 aliphatic carbocycles. The zero-order chi connectivity index (χ0) is 15.9. The van der Waals surface area contributed by atoms with Crippen LogP contribution in [0.15, 0.2) is 18.2 Å². The molecule has 0 atom stereocenters. The van der Waals surface area contributed by atoms with Gasteiger partial charge in [-0.3, -0.25) is 9.69 Å². The molecule has 1 aromatic rings. The van der Waals surface area contributed by atoms with Crippen molar-refractivity contribution in [3.05, 3.63) is 28.2 Å². The van der Waals surface area contributed by atoms with Crippen molar-refractivity contribution in [1.82, 2.24) is 9.80 Å². The molecule has 7 heteroatoms. The van der Waals surface area contributed by atoms with Crippen LogP contribution in [0.2, 0.25) is 10.0 Å². The Morgan fingerprint density at radius 2 is 1.95 bits per heavy atom. The first-order chi connectivity index (χ1) is 10.6. The quantitative estimate of drug-likeness (QED) is 0.854. The van der Waals surface area contributed by atoms with Crippen molar-refractivity contribution in [1.29, 1.82) is 0 Å². The molecule has 0 spiro atoms. The highest BCUT2D eigenvalue weighted by molar-refractivity contribution is 6.42. The summed E-state index contributed by atoms with van der Waals surface area (Å²) < 4.78 is 5.53. The number of β-amino-alcohol motifs (C(OH)–C–C–N with tert-alkyl or cyclic N) is 1. The van der Waals surface area contributed by atoms with Gasteiger partial charge < -0.3 is 14.7 Å². The first-order valence-corrected chi connectivity index (χ1v) is 8.05. The Bertz CT molecular complexity index is 506. The number of hydrogen-bond donors (Lipinski definition) is 1. The summed E-state index contributed by atoms with van der Waals surface area (Å²) in [6.07, 6.45) is 0.308. The second kappa shape index (κ2) is 8.58. The van der Waals surface area contributed by atoms with Crippen molar-refractivity contribution >= 4 is 29.1 Å². The van der Waals surface area contributed by atoms with Crippen LogP contribution in [0.3, 0.4) is 0 Å². The average molecular weight is 347 g/mol. The summed E-state index contributed by atoms with van der Waals surface area (Å²) in [6.45, 7) is 4.07. The summed E-state index contributed by atoms with van der Waals surface area (Å²) in [5.74, 6) is 0.566. The molecule has 0 saturated carbocycles. The van der Waals surface area contributed by atoms with Crippen LogP contribution in [-0.4, -0.2) is 66.8 Å². The number of aliphatic hydroxyl groups is 1. The van der Waals surface area contributed by atoms with E-state index in [9.17, 15) is 4.79 Å². The molecule has 22 heavy (non-hydrogen) atoms. The number of halogens is 2. The highest BCUT2D eigenvalue weighted by atomic mass is 35.5. The fourth-order valence-electron chi connectivity index (χ4n) is 2.36. The number of amides is 1. The summed E-state index contributed by atoms with van der Waals surface area (Å²) in [5.41, 5.74) is 0. The fraction of sp³-hybridized carbons (Fsp3) is 0.533. The Morgan fingerprint density at radius 3 is 2.64 bits per heavy atom. The summed E-state index contributed by atoms with van der Waals surface area (Å²) in [4.78, 5) is 16.1. The molecule has 1 N–H and O–H groups in total. The van der Waals surface area contributed by atoms with Gasteiger partial charge in [0, 0.05) is 32.7 Å². The Labute approximate surface area is 140 Å². The van der Waals surface area contributed by atoms with Crippen molar-refractivity contribution in [2.75, 3.05) is 45.9 Å². The molecule has 1 fully saturated rings. The number of carbonyl (C=O) groups is 1. The molecule has 122 valence electrons. The summed E-state index contributed by atoms with van der Waals surface area (Å²) >= 11 is 11.9. The lowest BCUT2D eigenvalue weighted by atomic mass is 10.3. The van der Waals surface area contributed by atoms with Crippen LogP contribution < -0.4 is 4.74 Å². The van der Waals surface area contributed by atoms with Crippen LogP contribution in [0.25, 0.3) is 0 Å². The first-order valence-electron chi connectivity index (χ1n) is 7.29. The van der Waals surface area contributed by atoms with E-state index in [1.165, 1.54) is 0 Å². The highest BCUT2D eigenvalue weighted by Gasteiger charge is 2.20. The van der Waals surface area contributed by atoms with Gasteiger partial charge in [-0.25, -0.2) is 0 Å². The van der Waals surface area contributed by atoms with Gasteiger partial charge in [-0.05, 0) is 12.1 Å². The van der Waals surface area contributed by atoms with E-state index in [4.69, 9.17) is 33.0 Å². The lowest BCUT2D eigenvalue weighted by molar-refractivity contribution is -0.133. The van der Waals surface area contributed by atoms with E-state index in [0.717, 1.165) is 13.1 Å². The monoisotopic (exact) mass is 346 g/mol. The minimum atomic E-state index is 0.0711. The third-order valence-electron chi connectivity index (χ3n) is 3.63. The Hall–Kier alpha value is -1.01. The van der Waals surface area contributed by atoms with Crippen LogP contribution in [0, 0.1) is 0 Å². The van der Waals surface area contributed by atoms with Gasteiger partial charge in [0.1, 0.15) is 10.8 Å². The summed E-state index contributed by atoms with van der Waals surface area (Å²) in [7, 11) is 0. The molecule has 0 unspecified atom stereocenters. The number of rotatable bonds is 6. The van der Waals surface area contributed by atoms with E-state index >= 15 is 0 Å². The summed E-state index contributed by atoms with van der Waals surface area (Å²) in [6, 6.07) is 5.17. The zero-order valence-corrected chi connectivity index (χ0v) is 13.8. The van der Waals surface area contributed by atoms with Crippen molar-refractivity contribution in [2.45, 2.75) is 6.42 Å². The number of hydrogen-bond acceptors (Lipinski definition) is 4. The van der Waals surface area contributed by atoms with Crippen LogP contribution in [0.4, 0.5) is 0 Å². The van der Waals surface area contributed by atoms with Gasteiger partial charge in [0.25, 0.3) is 0 Å². The van der Waals surface area contributed by atoms with Gasteiger partial charge >= 0.3 is 0 Å². The largest absolute Gasteiger partial charge is 0.491 e. The number of aliphatic hydroxyl groups excluding tert-OH is 1. The number of ether oxygens (including phenoxy) is 1. The molecular weight excluding hydrogens is 327 g/mol. The second-order valence-corrected chi connectivity index (χ2v) is 5.88. The van der Waals surface area contributed by atoms with Gasteiger partial charge in [0.05, 0.1) is 24.7 Å². The van der Waals surface area contributed by atoms with Gasteiger partial charge in [-0.1, -0.05) is 29.3 Å². The molecule has 5 nitrogen and oxygen atoms in total. The average Bonchev–Trinajstić information content (AvgIpc) is 2.52. The van der Waals surface area contributed by atoms with Crippen LogP contribution in [-0.2, 0) is 4.79 Å². The van der Waals surface area contributed by atoms with Crippen LogP contribution >= 0.6 is 23.2 Å². The third kappa shape index (κ3) is 4.74. The molecule has 0 bridgehead atoms. The molecule has 2 rings (SSSR count). The van der Waals surface area contributed by atoms with Crippen molar-refractivity contribution in [3.63, 3.8) is 0 Å². The SMILES string of the molecule is O=C(CCOc1cccc(Cl)c1Cl)N1CCN(CCO)CC1. The number of benzene rings is 1. The second-order valence-electron chi connectivity index (χ2n) is 5.10. The van der Waals surface area contributed by atoms with Crippen LogP contribution in [0.1, 0.15) is 6.42 Å². The highest BCUT2D eigenvalue weighted by Crippen LogP contribution is 2.31. The van der Waals surface area contributed by atoms with Gasteiger partial charge in [0.2, 0.25) is 5.91 Å². The van der Waals surface area contributed by atoms with E-state index in [0.29, 0.717) is 41.8 Å². The lowest BCUT2D eigenvalue weighted by Crippen LogP contribution is -2.49. The third-order valence-corrected chi connectivity index (χ3v) is 4.43. The normalized spacial score (nSPS) is 15.9. The minimum Gasteiger partial charge on any atom is -0.491 e. The molecule has 0 radical (unpaired) electrons. The number of nitrogens with zero attached hydrogens (tertiary/aromatic N) is 2. The molecule has 0 aromatic heterocycles. The van der Waals surface area contributed by atoms with E-state index in [1.54, 1.807) is 18.2 Å². The van der Waals surface area contributed by atoms with Crippen molar-refractivity contribution < 1.29 is 14.6 Å². The lowest BCUT2D eigenvalue weighted by Gasteiger charge is -2.34. The number of carbonyl (C=O) groups excluding carboxylic acids is 1. The summed E-state index contributed by atoms with van der Waals surface area (Å²) in [5, 5.41) is 9.71. The van der Waals surface area contributed by atoms with E-state index < -0.39 is 0 Å². The number of piperazine rings is 1. The Kier molecular flexibility index (Phi) is 6.76. The Balaban J connectivity index is 1.73. The van der Waals surface area contributed by atoms with Crippen molar-refractivity contribution in [3.8, 4) is 5.75 Å². The predicted molar refractivity (Wildman–Crippen MR) is 86.7 cm³/mol. The van der Waals surface area contributed by atoms with Gasteiger partial charge in [-0.2, -0.15) is 0 Å². The molecule has 1 aromatic carbocycles. The fourth-order valence-corrected chi connectivity index (χ4v) is 2.71. The minimum absolute atomic E-state index is 0.0711. The molecular formula is C15H20Cl2N2O3. The maximum atomic E-state index is 12.1. The maximum Gasteiger partial charge on any atom is 0.226 e. The molecule has 1 aliphatic heterocycles. The molecule has 1 aliphatic rings. The standard InChI is InChI=1S/C15H20Cl2N2O3/c16-12-2-1-3-13(15(12)17)22-11-4-14(21)19-7-5-18(6-8-19)9-10-20/h1-3,20H,4-11H2. The smallest absolute Gasteiger partial charge is 0.226 e. The maximum absolute atomic E-state index is 12.1. The predicted octanol–water partition coefficient (Wildman–Crippen LogP) is 1.90. The molecule has 1 amide bonds. The van der Waals surface area contributed by atoms with E-state index in [-0.39, 0.29) is 19.1 Å². The Morgan fingerprint density at radius 1 is 1.23 bits per heavy atom.